The van der Waals surface area contributed by atoms with Crippen LogP contribution < -0.4 is 15.8 Å². The van der Waals surface area contributed by atoms with Gasteiger partial charge in [0.25, 0.3) is 0 Å². The van der Waals surface area contributed by atoms with Crippen molar-refractivity contribution >= 4 is 0 Å². The first-order chi connectivity index (χ1) is 7.33. The maximum absolute atomic E-state index is 6.06. The first-order valence-electron chi connectivity index (χ1n) is 5.51. The van der Waals surface area contributed by atoms with Crippen LogP contribution in [-0.4, -0.2) is 25.7 Å². The van der Waals surface area contributed by atoms with Gasteiger partial charge in [0.05, 0.1) is 6.61 Å². The number of benzene rings is 1. The summed E-state index contributed by atoms with van der Waals surface area (Å²) in [6.07, 6.45) is 0. The van der Waals surface area contributed by atoms with Gasteiger partial charge in [-0.05, 0) is 13.0 Å². The van der Waals surface area contributed by atoms with Crippen molar-refractivity contribution in [3.63, 3.8) is 0 Å². The molecule has 15 heavy (non-hydrogen) atoms. The van der Waals surface area contributed by atoms with Crippen molar-refractivity contribution in [2.75, 3.05) is 19.7 Å². The fraction of sp³-hybridized carbons (Fsp3) is 0.500. The van der Waals surface area contributed by atoms with E-state index in [2.05, 4.69) is 11.4 Å². The molecular weight excluding hydrogens is 188 g/mol. The fourth-order valence-electron chi connectivity index (χ4n) is 2.11. The van der Waals surface area contributed by atoms with Gasteiger partial charge in [-0.3, -0.25) is 0 Å². The molecule has 3 N–H and O–H groups in total. The number of ether oxygens (including phenoxy) is 1. The minimum atomic E-state index is 0.201. The Morgan fingerprint density at radius 3 is 2.87 bits per heavy atom. The topological polar surface area (TPSA) is 47.3 Å². The van der Waals surface area contributed by atoms with E-state index in [1.807, 2.05) is 25.1 Å². The van der Waals surface area contributed by atoms with Crippen molar-refractivity contribution in [2.24, 2.45) is 5.73 Å². The lowest BCUT2D eigenvalue weighted by molar-refractivity contribution is 0.333. The maximum Gasteiger partial charge on any atom is 0.122 e. The number of hydrogen-bond donors (Lipinski definition) is 2. The summed E-state index contributed by atoms with van der Waals surface area (Å²) < 4.78 is 5.61. The van der Waals surface area contributed by atoms with E-state index in [0.717, 1.165) is 18.8 Å². The van der Waals surface area contributed by atoms with Gasteiger partial charge in [0, 0.05) is 30.6 Å². The maximum atomic E-state index is 6.06. The quantitative estimate of drug-likeness (QED) is 0.778. The van der Waals surface area contributed by atoms with Gasteiger partial charge >= 0.3 is 0 Å². The molecule has 0 aromatic heterocycles. The third-order valence-corrected chi connectivity index (χ3v) is 2.88. The summed E-state index contributed by atoms with van der Waals surface area (Å²) in [6.45, 7) is 4.55. The van der Waals surface area contributed by atoms with E-state index in [0.29, 0.717) is 12.5 Å². The smallest absolute Gasteiger partial charge is 0.122 e. The van der Waals surface area contributed by atoms with Gasteiger partial charge < -0.3 is 15.8 Å². The highest BCUT2D eigenvalue weighted by atomic mass is 16.5. The third-order valence-electron chi connectivity index (χ3n) is 2.88. The Balaban J connectivity index is 2.25. The minimum Gasteiger partial charge on any atom is -0.494 e. The van der Waals surface area contributed by atoms with Crippen molar-refractivity contribution in [3.05, 3.63) is 29.8 Å². The summed E-state index contributed by atoms with van der Waals surface area (Å²) in [7, 11) is 0. The second-order valence-corrected chi connectivity index (χ2v) is 3.90. The molecule has 2 atom stereocenters. The van der Waals surface area contributed by atoms with Crippen molar-refractivity contribution in [2.45, 2.75) is 18.9 Å². The van der Waals surface area contributed by atoms with Crippen LogP contribution in [0.4, 0.5) is 0 Å². The van der Waals surface area contributed by atoms with Gasteiger partial charge in [0.15, 0.2) is 0 Å². The summed E-state index contributed by atoms with van der Waals surface area (Å²) in [5, 5.41) is 3.31. The number of hydrogen-bond acceptors (Lipinski definition) is 3. The van der Waals surface area contributed by atoms with E-state index in [1.165, 1.54) is 5.56 Å². The lowest BCUT2D eigenvalue weighted by Crippen LogP contribution is -2.27. The lowest BCUT2D eigenvalue weighted by atomic mass is 9.94. The highest BCUT2D eigenvalue weighted by Crippen LogP contribution is 2.29. The molecule has 0 radical (unpaired) electrons. The van der Waals surface area contributed by atoms with Crippen LogP contribution in [0.1, 0.15) is 18.4 Å². The Bertz CT molecular complexity index is 327. The number of nitrogens with one attached hydrogen (secondary N) is 1. The van der Waals surface area contributed by atoms with Crippen LogP contribution in [0.15, 0.2) is 24.3 Å². The molecule has 1 fully saturated rings. The number of para-hydroxylation sites is 1. The van der Waals surface area contributed by atoms with Crippen LogP contribution in [0, 0.1) is 0 Å². The normalized spacial score (nSPS) is 25.5. The molecular formula is C12H18N2O. The van der Waals surface area contributed by atoms with Crippen LogP contribution in [0.2, 0.25) is 0 Å². The summed E-state index contributed by atoms with van der Waals surface area (Å²) in [6, 6.07) is 8.38. The average Bonchev–Trinajstić information content (AvgIpc) is 2.66. The molecule has 1 aliphatic rings. The Hall–Kier alpha value is -1.06. The molecule has 1 heterocycles. The molecule has 0 saturated carbocycles. The Kier molecular flexibility index (Phi) is 3.23. The Morgan fingerprint density at radius 1 is 1.40 bits per heavy atom. The molecule has 0 bridgehead atoms. The first kappa shape index (κ1) is 10.5. The molecule has 0 unspecified atom stereocenters. The van der Waals surface area contributed by atoms with Gasteiger partial charge in [-0.25, -0.2) is 0 Å². The first-order valence-corrected chi connectivity index (χ1v) is 5.51. The van der Waals surface area contributed by atoms with Crippen molar-refractivity contribution in [1.82, 2.24) is 5.32 Å². The highest BCUT2D eigenvalue weighted by Gasteiger charge is 2.27. The largest absolute Gasteiger partial charge is 0.494 e. The Morgan fingerprint density at radius 2 is 2.20 bits per heavy atom. The summed E-state index contributed by atoms with van der Waals surface area (Å²) in [5.41, 5.74) is 7.29. The highest BCUT2D eigenvalue weighted by molar-refractivity contribution is 5.38. The molecule has 1 saturated heterocycles. The van der Waals surface area contributed by atoms with Crippen LogP contribution in [-0.2, 0) is 0 Å². The molecule has 1 aromatic rings. The van der Waals surface area contributed by atoms with Gasteiger partial charge in [0.1, 0.15) is 5.75 Å². The van der Waals surface area contributed by atoms with E-state index in [1.54, 1.807) is 0 Å². The summed E-state index contributed by atoms with van der Waals surface area (Å²) in [4.78, 5) is 0. The van der Waals surface area contributed by atoms with Gasteiger partial charge in [0.2, 0.25) is 0 Å². The molecule has 1 aliphatic heterocycles. The van der Waals surface area contributed by atoms with Crippen LogP contribution in [0.25, 0.3) is 0 Å². The van der Waals surface area contributed by atoms with E-state index < -0.39 is 0 Å². The summed E-state index contributed by atoms with van der Waals surface area (Å²) >= 11 is 0. The van der Waals surface area contributed by atoms with E-state index >= 15 is 0 Å². The van der Waals surface area contributed by atoms with E-state index in [9.17, 15) is 0 Å². The minimum absolute atomic E-state index is 0.201. The molecule has 1 aromatic carbocycles. The zero-order valence-electron chi connectivity index (χ0n) is 9.07. The van der Waals surface area contributed by atoms with Crippen molar-refractivity contribution in [3.8, 4) is 5.75 Å². The zero-order chi connectivity index (χ0) is 10.7. The lowest BCUT2D eigenvalue weighted by Gasteiger charge is -2.18. The summed E-state index contributed by atoms with van der Waals surface area (Å²) in [5.74, 6) is 1.36. The molecule has 3 nitrogen and oxygen atoms in total. The second-order valence-electron chi connectivity index (χ2n) is 3.90. The van der Waals surface area contributed by atoms with Gasteiger partial charge in [-0.15, -0.1) is 0 Å². The Labute approximate surface area is 90.6 Å². The van der Waals surface area contributed by atoms with Crippen molar-refractivity contribution in [1.29, 1.82) is 0 Å². The molecule has 3 heteroatoms. The van der Waals surface area contributed by atoms with Crippen LogP contribution in [0.5, 0.6) is 5.75 Å². The average molecular weight is 206 g/mol. The molecule has 0 aliphatic carbocycles. The van der Waals surface area contributed by atoms with Crippen molar-refractivity contribution < 1.29 is 4.74 Å². The molecule has 0 spiro atoms. The number of nitrogens with two attached hydrogens (primary N) is 1. The second kappa shape index (κ2) is 4.64. The van der Waals surface area contributed by atoms with Gasteiger partial charge in [-0.2, -0.15) is 0 Å². The van der Waals surface area contributed by atoms with Crippen LogP contribution >= 0.6 is 0 Å². The zero-order valence-corrected chi connectivity index (χ0v) is 9.07. The third kappa shape index (κ3) is 2.13. The molecule has 0 amide bonds. The molecule has 2 rings (SSSR count). The van der Waals surface area contributed by atoms with E-state index in [4.69, 9.17) is 10.5 Å². The van der Waals surface area contributed by atoms with Gasteiger partial charge in [-0.1, -0.05) is 18.2 Å². The standard InChI is InChI=1S/C12H18N2O/c1-2-15-12-6-4-3-5-9(12)10-7-14-8-11(10)13/h3-6,10-11,14H,2,7-8,13H2,1H3/t10-,11+/m1/s1. The predicted molar refractivity (Wildman–Crippen MR) is 61.2 cm³/mol. The monoisotopic (exact) mass is 206 g/mol. The predicted octanol–water partition coefficient (Wildman–Crippen LogP) is 1.10. The fourth-order valence-corrected chi connectivity index (χ4v) is 2.11. The molecule has 82 valence electrons. The van der Waals surface area contributed by atoms with Crippen LogP contribution in [0.3, 0.4) is 0 Å². The van der Waals surface area contributed by atoms with E-state index in [-0.39, 0.29) is 6.04 Å². The SMILES string of the molecule is CCOc1ccccc1[C@H]1CNC[C@@H]1N. The number of rotatable bonds is 3.